The summed E-state index contributed by atoms with van der Waals surface area (Å²) in [5, 5.41) is 5.56. The van der Waals surface area contributed by atoms with Crippen molar-refractivity contribution in [3.05, 3.63) is 40.7 Å². The average Bonchev–Trinajstić information content (AvgIpc) is 3.40. The predicted octanol–water partition coefficient (Wildman–Crippen LogP) is 1.30. The van der Waals surface area contributed by atoms with Gasteiger partial charge in [0.1, 0.15) is 0 Å². The Morgan fingerprint density at radius 1 is 1.11 bits per heavy atom. The van der Waals surface area contributed by atoms with E-state index in [-0.39, 0.29) is 17.9 Å². The van der Waals surface area contributed by atoms with Crippen LogP contribution < -0.4 is 0 Å². The Morgan fingerprint density at radius 3 is 2.59 bits per heavy atom. The molecule has 2 aliphatic rings. The molecular formula is C18H22N6O2S. The molecule has 0 saturated carbocycles. The smallest absolute Gasteiger partial charge is 0.275 e. The number of pyridine rings is 1. The van der Waals surface area contributed by atoms with Crippen molar-refractivity contribution in [1.82, 2.24) is 29.3 Å². The highest BCUT2D eigenvalue weighted by Crippen LogP contribution is 2.32. The van der Waals surface area contributed by atoms with Gasteiger partial charge in [0.05, 0.1) is 17.3 Å². The normalized spacial score (nSPS) is 20.9. The number of hydrogen-bond donors (Lipinski definition) is 0. The molecule has 2 aromatic rings. The lowest BCUT2D eigenvalue weighted by atomic mass is 10.1. The number of likely N-dealkylation sites (tertiary alicyclic amines) is 1. The summed E-state index contributed by atoms with van der Waals surface area (Å²) in [6.45, 7) is 3.95. The molecule has 0 aliphatic carbocycles. The molecule has 4 rings (SSSR count). The van der Waals surface area contributed by atoms with E-state index in [9.17, 15) is 9.59 Å². The Kier molecular flexibility index (Phi) is 5.13. The summed E-state index contributed by atoms with van der Waals surface area (Å²) < 4.78 is 3.78. The van der Waals surface area contributed by atoms with E-state index < -0.39 is 0 Å². The van der Waals surface area contributed by atoms with E-state index in [4.69, 9.17) is 0 Å². The molecule has 2 fully saturated rings. The second kappa shape index (κ2) is 7.69. The molecule has 27 heavy (non-hydrogen) atoms. The van der Waals surface area contributed by atoms with E-state index in [2.05, 4.69) is 26.5 Å². The van der Waals surface area contributed by atoms with E-state index >= 15 is 0 Å². The summed E-state index contributed by atoms with van der Waals surface area (Å²) in [5.74, 6) is -0.0827. The van der Waals surface area contributed by atoms with Gasteiger partial charge in [-0.2, -0.15) is 0 Å². The zero-order valence-electron chi connectivity index (χ0n) is 15.2. The van der Waals surface area contributed by atoms with Crippen molar-refractivity contribution in [3.63, 3.8) is 0 Å². The second-order valence-corrected chi connectivity index (χ2v) is 7.62. The van der Waals surface area contributed by atoms with Crippen LogP contribution in [0, 0.1) is 0 Å². The van der Waals surface area contributed by atoms with Crippen molar-refractivity contribution >= 4 is 23.3 Å². The van der Waals surface area contributed by atoms with Crippen molar-refractivity contribution in [2.45, 2.75) is 18.9 Å². The van der Waals surface area contributed by atoms with Gasteiger partial charge in [-0.15, -0.1) is 5.10 Å². The van der Waals surface area contributed by atoms with Gasteiger partial charge in [0.2, 0.25) is 0 Å². The summed E-state index contributed by atoms with van der Waals surface area (Å²) in [6, 6.07) is 3.62. The third-order valence-corrected chi connectivity index (χ3v) is 5.76. The quantitative estimate of drug-likeness (QED) is 0.791. The summed E-state index contributed by atoms with van der Waals surface area (Å²) in [6.07, 6.45) is 3.43. The predicted molar refractivity (Wildman–Crippen MR) is 101 cm³/mol. The van der Waals surface area contributed by atoms with Crippen LogP contribution in [0.1, 0.15) is 45.4 Å². The van der Waals surface area contributed by atoms with Crippen molar-refractivity contribution < 1.29 is 9.59 Å². The zero-order valence-corrected chi connectivity index (χ0v) is 16.1. The van der Waals surface area contributed by atoms with Crippen LogP contribution in [-0.4, -0.2) is 80.9 Å². The molecule has 4 heterocycles. The molecule has 0 aromatic carbocycles. The van der Waals surface area contributed by atoms with E-state index in [0.717, 1.165) is 44.7 Å². The standard InChI is InChI=1S/C18H22N6O2S/c1-22-7-9-23(10-8-22)17(25)13-4-5-14(19-11-13)16-3-2-6-24(16)18(26)15-12-27-21-20-15/h4-5,11-12,16H,2-3,6-10H2,1H3/t16-/m1/s1. The van der Waals surface area contributed by atoms with Gasteiger partial charge in [-0.3, -0.25) is 14.6 Å². The molecule has 0 spiro atoms. The van der Waals surface area contributed by atoms with Crippen LogP contribution in [0.4, 0.5) is 0 Å². The molecule has 1 atom stereocenters. The van der Waals surface area contributed by atoms with E-state index in [1.165, 1.54) is 11.5 Å². The maximum atomic E-state index is 12.7. The largest absolute Gasteiger partial charge is 0.336 e. The van der Waals surface area contributed by atoms with E-state index in [1.807, 2.05) is 17.0 Å². The first-order valence-electron chi connectivity index (χ1n) is 9.15. The Morgan fingerprint density at radius 2 is 1.93 bits per heavy atom. The van der Waals surface area contributed by atoms with Crippen LogP contribution in [0.3, 0.4) is 0 Å². The average molecular weight is 386 g/mol. The Balaban J connectivity index is 1.46. The fourth-order valence-electron chi connectivity index (χ4n) is 3.64. The Hall–Kier alpha value is -2.39. The molecule has 2 aromatic heterocycles. The van der Waals surface area contributed by atoms with Crippen molar-refractivity contribution in [3.8, 4) is 0 Å². The second-order valence-electron chi connectivity index (χ2n) is 7.01. The number of rotatable bonds is 3. The van der Waals surface area contributed by atoms with Crippen LogP contribution in [0.25, 0.3) is 0 Å². The van der Waals surface area contributed by atoms with Gasteiger partial charge >= 0.3 is 0 Å². The maximum absolute atomic E-state index is 12.7. The minimum absolute atomic E-state index is 0.0232. The highest BCUT2D eigenvalue weighted by Gasteiger charge is 2.32. The van der Waals surface area contributed by atoms with E-state index in [1.54, 1.807) is 16.5 Å². The molecule has 0 bridgehead atoms. The van der Waals surface area contributed by atoms with Crippen LogP contribution in [0.5, 0.6) is 0 Å². The topological polar surface area (TPSA) is 82.5 Å². The fourth-order valence-corrected chi connectivity index (χ4v) is 4.07. The van der Waals surface area contributed by atoms with Crippen LogP contribution in [0.15, 0.2) is 23.7 Å². The van der Waals surface area contributed by atoms with Crippen molar-refractivity contribution in [2.24, 2.45) is 0 Å². The lowest BCUT2D eigenvalue weighted by Gasteiger charge is -2.32. The molecule has 142 valence electrons. The van der Waals surface area contributed by atoms with Gasteiger partial charge < -0.3 is 14.7 Å². The van der Waals surface area contributed by atoms with E-state index in [0.29, 0.717) is 17.8 Å². The number of likely N-dealkylation sites (N-methyl/N-ethyl adjacent to an activating group) is 1. The Labute approximate surface area is 162 Å². The van der Waals surface area contributed by atoms with Crippen molar-refractivity contribution in [2.75, 3.05) is 39.8 Å². The van der Waals surface area contributed by atoms with Gasteiger partial charge in [-0.1, -0.05) is 4.49 Å². The first-order valence-corrected chi connectivity index (χ1v) is 9.99. The lowest BCUT2D eigenvalue weighted by molar-refractivity contribution is 0.0661. The number of carbonyl (C=O) groups is 2. The molecule has 0 unspecified atom stereocenters. The highest BCUT2D eigenvalue weighted by molar-refractivity contribution is 7.03. The molecule has 0 radical (unpaired) electrons. The molecule has 2 amide bonds. The monoisotopic (exact) mass is 386 g/mol. The third-order valence-electron chi connectivity index (χ3n) is 5.26. The SMILES string of the molecule is CN1CCN(C(=O)c2ccc([C@H]3CCCN3C(=O)c3csnn3)nc2)CC1. The van der Waals surface area contributed by atoms with Crippen LogP contribution in [0.2, 0.25) is 0 Å². The van der Waals surface area contributed by atoms with Crippen molar-refractivity contribution in [1.29, 1.82) is 0 Å². The minimum atomic E-state index is -0.106. The van der Waals surface area contributed by atoms with Gasteiger partial charge in [-0.25, -0.2) is 0 Å². The third kappa shape index (κ3) is 3.70. The zero-order chi connectivity index (χ0) is 18.8. The summed E-state index contributed by atoms with van der Waals surface area (Å²) in [5.41, 5.74) is 1.80. The molecule has 2 aliphatic heterocycles. The minimum Gasteiger partial charge on any atom is -0.336 e. The number of nitrogens with zero attached hydrogens (tertiary/aromatic N) is 6. The van der Waals surface area contributed by atoms with Gasteiger partial charge in [0, 0.05) is 44.3 Å². The van der Waals surface area contributed by atoms with Gasteiger partial charge in [-0.05, 0) is 43.6 Å². The number of hydrogen-bond acceptors (Lipinski definition) is 7. The lowest BCUT2D eigenvalue weighted by Crippen LogP contribution is -2.47. The molecular weight excluding hydrogens is 364 g/mol. The Bertz CT molecular complexity index is 802. The summed E-state index contributed by atoms with van der Waals surface area (Å²) in [4.78, 5) is 35.7. The van der Waals surface area contributed by atoms with Gasteiger partial charge in [0.25, 0.3) is 11.8 Å². The molecule has 2 saturated heterocycles. The number of aromatic nitrogens is 3. The van der Waals surface area contributed by atoms with Crippen LogP contribution in [-0.2, 0) is 0 Å². The molecule has 0 N–H and O–H groups in total. The van der Waals surface area contributed by atoms with Gasteiger partial charge in [0.15, 0.2) is 5.69 Å². The molecule has 9 heteroatoms. The summed E-state index contributed by atoms with van der Waals surface area (Å²) >= 11 is 1.17. The highest BCUT2D eigenvalue weighted by atomic mass is 32.1. The van der Waals surface area contributed by atoms with Crippen LogP contribution >= 0.6 is 11.5 Å². The summed E-state index contributed by atoms with van der Waals surface area (Å²) in [7, 11) is 2.06. The maximum Gasteiger partial charge on any atom is 0.275 e. The first kappa shape index (κ1) is 18.0. The first-order chi connectivity index (χ1) is 13.1. The molecule has 8 nitrogen and oxygen atoms in total. The number of amides is 2. The number of piperazine rings is 1. The number of carbonyl (C=O) groups excluding carboxylic acids is 2. The fraction of sp³-hybridized carbons (Fsp3) is 0.500.